The molecule has 1 atom stereocenters. The molecule has 1 aromatic rings. The van der Waals surface area contributed by atoms with Crippen molar-refractivity contribution in [1.29, 1.82) is 0 Å². The molecular weight excluding hydrogens is 258 g/mol. The molecule has 0 aliphatic carbocycles. The summed E-state index contributed by atoms with van der Waals surface area (Å²) in [5.41, 5.74) is 1.55. The molecule has 5 heteroatoms. The van der Waals surface area contributed by atoms with E-state index < -0.39 is 5.97 Å². The number of aromatic carboxylic acids is 1. The van der Waals surface area contributed by atoms with Crippen LogP contribution in [0.1, 0.15) is 44.7 Å². The predicted octanol–water partition coefficient (Wildman–Crippen LogP) is 1.60. The van der Waals surface area contributed by atoms with Gasteiger partial charge in [-0.1, -0.05) is 12.1 Å². The molecule has 108 valence electrons. The average molecular weight is 277 g/mol. The lowest BCUT2D eigenvalue weighted by molar-refractivity contribution is 0.0643. The van der Waals surface area contributed by atoms with Crippen molar-refractivity contribution in [2.24, 2.45) is 0 Å². The number of carboxylic acid groups (broad SMARTS) is 1. The van der Waals surface area contributed by atoms with E-state index in [9.17, 15) is 19.8 Å². The molecule has 1 aromatic carbocycles. The van der Waals surface area contributed by atoms with Crippen LogP contribution < -0.4 is 0 Å². The van der Waals surface area contributed by atoms with Crippen LogP contribution in [0, 0.1) is 13.8 Å². The molecule has 1 heterocycles. The lowest BCUT2D eigenvalue weighted by Crippen LogP contribution is -2.38. The van der Waals surface area contributed by atoms with E-state index in [1.807, 2.05) is 0 Å². The Morgan fingerprint density at radius 2 is 1.85 bits per heavy atom. The quantitative estimate of drug-likeness (QED) is 0.879. The second-order valence-electron chi connectivity index (χ2n) is 5.23. The predicted molar refractivity (Wildman–Crippen MR) is 74.0 cm³/mol. The monoisotopic (exact) mass is 277 g/mol. The van der Waals surface area contributed by atoms with Gasteiger partial charge < -0.3 is 15.1 Å². The minimum atomic E-state index is -1.09. The lowest BCUT2D eigenvalue weighted by Gasteiger charge is -2.25. The van der Waals surface area contributed by atoms with Gasteiger partial charge in [-0.05, 0) is 37.8 Å². The molecule has 0 spiro atoms. The molecular formula is C15H19NO4. The van der Waals surface area contributed by atoms with Gasteiger partial charge in [-0.25, -0.2) is 4.79 Å². The van der Waals surface area contributed by atoms with Crippen LogP contribution in [0.15, 0.2) is 12.1 Å². The molecule has 1 amide bonds. The number of nitrogens with zero attached hydrogens (tertiary/aromatic N) is 1. The van der Waals surface area contributed by atoms with Gasteiger partial charge >= 0.3 is 5.97 Å². The minimum Gasteiger partial charge on any atom is -0.478 e. The highest BCUT2D eigenvalue weighted by Gasteiger charge is 2.32. The van der Waals surface area contributed by atoms with E-state index in [4.69, 9.17) is 0 Å². The van der Waals surface area contributed by atoms with Crippen molar-refractivity contribution >= 4 is 11.9 Å². The molecule has 20 heavy (non-hydrogen) atoms. The Bertz CT molecular complexity index is 553. The van der Waals surface area contributed by atoms with Crippen LogP contribution in [0.5, 0.6) is 0 Å². The number of carbonyl (C=O) groups is 2. The molecule has 2 N–H and O–H groups in total. The summed E-state index contributed by atoms with van der Waals surface area (Å²) in [6.07, 6.45) is 1.60. The van der Waals surface area contributed by atoms with Crippen LogP contribution >= 0.6 is 0 Å². The molecule has 1 aliphatic heterocycles. The Hall–Kier alpha value is -1.88. The Balaban J connectivity index is 2.49. The van der Waals surface area contributed by atoms with E-state index in [0.717, 1.165) is 12.8 Å². The fourth-order valence-electron chi connectivity index (χ4n) is 2.80. The first-order valence-corrected chi connectivity index (χ1v) is 6.72. The summed E-state index contributed by atoms with van der Waals surface area (Å²) in [4.78, 5) is 25.7. The van der Waals surface area contributed by atoms with Crippen LogP contribution in [-0.2, 0) is 0 Å². The van der Waals surface area contributed by atoms with Crippen molar-refractivity contribution in [3.05, 3.63) is 34.4 Å². The molecule has 1 fully saturated rings. The Labute approximate surface area is 117 Å². The number of aliphatic hydroxyl groups is 1. The van der Waals surface area contributed by atoms with E-state index in [0.29, 0.717) is 17.7 Å². The molecule has 1 unspecified atom stereocenters. The number of likely N-dealkylation sites (tertiary alicyclic amines) is 1. The zero-order valence-corrected chi connectivity index (χ0v) is 11.7. The van der Waals surface area contributed by atoms with Gasteiger partial charge in [0.25, 0.3) is 5.91 Å². The second kappa shape index (κ2) is 5.63. The normalized spacial score (nSPS) is 18.4. The summed E-state index contributed by atoms with van der Waals surface area (Å²) in [5, 5.41) is 18.7. The smallest absolute Gasteiger partial charge is 0.336 e. The molecule has 2 rings (SSSR count). The van der Waals surface area contributed by atoms with E-state index in [-0.39, 0.29) is 29.7 Å². The third-order valence-electron chi connectivity index (χ3n) is 3.90. The number of hydrogen-bond acceptors (Lipinski definition) is 3. The van der Waals surface area contributed by atoms with Crippen LogP contribution in [0.3, 0.4) is 0 Å². The first kappa shape index (κ1) is 14.5. The maximum Gasteiger partial charge on any atom is 0.336 e. The third kappa shape index (κ3) is 2.41. The number of benzene rings is 1. The first-order valence-electron chi connectivity index (χ1n) is 6.72. The summed E-state index contributed by atoms with van der Waals surface area (Å²) in [6, 6.07) is 3.27. The Morgan fingerprint density at radius 3 is 2.40 bits per heavy atom. The highest BCUT2D eigenvalue weighted by molar-refractivity contribution is 6.06. The summed E-state index contributed by atoms with van der Waals surface area (Å²) in [5.74, 6) is -1.38. The third-order valence-corrected chi connectivity index (χ3v) is 3.90. The van der Waals surface area contributed by atoms with Crippen molar-refractivity contribution in [2.45, 2.75) is 32.7 Å². The van der Waals surface area contributed by atoms with Crippen LogP contribution in [0.25, 0.3) is 0 Å². The maximum atomic E-state index is 12.7. The second-order valence-corrected chi connectivity index (χ2v) is 5.23. The molecule has 0 bridgehead atoms. The van der Waals surface area contributed by atoms with Gasteiger partial charge in [0, 0.05) is 6.54 Å². The number of carbonyl (C=O) groups excluding carboxylic acids is 1. The Morgan fingerprint density at radius 1 is 1.25 bits per heavy atom. The van der Waals surface area contributed by atoms with Crippen LogP contribution in [0.4, 0.5) is 0 Å². The van der Waals surface area contributed by atoms with E-state index in [1.165, 1.54) is 0 Å². The van der Waals surface area contributed by atoms with Gasteiger partial charge in [-0.15, -0.1) is 0 Å². The van der Waals surface area contributed by atoms with Crippen molar-refractivity contribution in [3.8, 4) is 0 Å². The molecule has 1 saturated heterocycles. The fourth-order valence-corrected chi connectivity index (χ4v) is 2.80. The molecule has 1 aliphatic rings. The number of aliphatic hydroxyl groups excluding tert-OH is 1. The standard InChI is InChI=1S/C15H19NO4/c1-9-5-6-10(2)13(15(19)20)12(9)14(18)16-7-3-4-11(16)8-17/h5-6,11,17H,3-4,7-8H2,1-2H3,(H,19,20). The number of aryl methyl sites for hydroxylation is 2. The zero-order valence-electron chi connectivity index (χ0n) is 11.7. The summed E-state index contributed by atoms with van der Waals surface area (Å²) in [6.45, 7) is 3.91. The number of rotatable bonds is 3. The largest absolute Gasteiger partial charge is 0.478 e. The van der Waals surface area contributed by atoms with Crippen LogP contribution in [0.2, 0.25) is 0 Å². The van der Waals surface area contributed by atoms with Gasteiger partial charge in [-0.2, -0.15) is 0 Å². The van der Waals surface area contributed by atoms with Gasteiger partial charge in [0.15, 0.2) is 0 Å². The number of carboxylic acids is 1. The molecule has 0 saturated carbocycles. The lowest BCUT2D eigenvalue weighted by atomic mass is 9.96. The summed E-state index contributed by atoms with van der Waals surface area (Å²) < 4.78 is 0. The fraction of sp³-hybridized carbons (Fsp3) is 0.467. The van der Waals surface area contributed by atoms with E-state index in [2.05, 4.69) is 0 Å². The molecule has 0 aromatic heterocycles. The number of amides is 1. The van der Waals surface area contributed by atoms with Gasteiger partial charge in [0.1, 0.15) is 0 Å². The molecule has 0 radical (unpaired) electrons. The highest BCUT2D eigenvalue weighted by atomic mass is 16.4. The average Bonchev–Trinajstić information content (AvgIpc) is 2.88. The zero-order chi connectivity index (χ0) is 14.9. The minimum absolute atomic E-state index is 0.0681. The molecule has 5 nitrogen and oxygen atoms in total. The SMILES string of the molecule is Cc1ccc(C)c(C(=O)N2CCCC2CO)c1C(=O)O. The summed E-state index contributed by atoms with van der Waals surface area (Å²) in [7, 11) is 0. The van der Waals surface area contributed by atoms with Gasteiger partial charge in [-0.3, -0.25) is 4.79 Å². The van der Waals surface area contributed by atoms with Crippen molar-refractivity contribution in [2.75, 3.05) is 13.2 Å². The Kier molecular flexibility index (Phi) is 4.09. The van der Waals surface area contributed by atoms with E-state index >= 15 is 0 Å². The highest BCUT2D eigenvalue weighted by Crippen LogP contribution is 2.25. The van der Waals surface area contributed by atoms with Crippen molar-refractivity contribution in [3.63, 3.8) is 0 Å². The summed E-state index contributed by atoms with van der Waals surface area (Å²) >= 11 is 0. The van der Waals surface area contributed by atoms with Crippen molar-refractivity contribution in [1.82, 2.24) is 4.90 Å². The first-order chi connectivity index (χ1) is 9.47. The van der Waals surface area contributed by atoms with Crippen LogP contribution in [-0.4, -0.2) is 46.2 Å². The van der Waals surface area contributed by atoms with Gasteiger partial charge in [0.2, 0.25) is 0 Å². The van der Waals surface area contributed by atoms with Crippen molar-refractivity contribution < 1.29 is 19.8 Å². The maximum absolute atomic E-state index is 12.7. The topological polar surface area (TPSA) is 77.8 Å². The van der Waals surface area contributed by atoms with E-state index in [1.54, 1.807) is 30.9 Å². The number of hydrogen-bond donors (Lipinski definition) is 2. The van der Waals surface area contributed by atoms with Gasteiger partial charge in [0.05, 0.1) is 23.8 Å².